The van der Waals surface area contributed by atoms with Crippen LogP contribution in [0, 0.1) is 46.3 Å². The van der Waals surface area contributed by atoms with E-state index in [1.54, 1.807) is 5.57 Å². The lowest BCUT2D eigenvalue weighted by atomic mass is 9.47. The van der Waals surface area contributed by atoms with Gasteiger partial charge in [-0.2, -0.15) is 0 Å². The van der Waals surface area contributed by atoms with Crippen molar-refractivity contribution in [3.8, 4) is 5.75 Å². The number of benzene rings is 1. The van der Waals surface area contributed by atoms with E-state index in [0.717, 1.165) is 54.1 Å². The zero-order valence-electron chi connectivity index (χ0n) is 24.0. The monoisotopic (exact) mass is 522 g/mol. The van der Waals surface area contributed by atoms with Gasteiger partial charge in [-0.05, 0) is 103 Å². The third-order valence-electron chi connectivity index (χ3n) is 11.5. The Morgan fingerprint density at radius 1 is 0.973 bits per heavy atom. The molecule has 3 heteroatoms. The molecule has 2 nitrogen and oxygen atoms in total. The van der Waals surface area contributed by atoms with Gasteiger partial charge >= 0.3 is 5.24 Å². The molecule has 3 saturated carbocycles. The number of fused-ring (bicyclic) bond motifs is 5. The van der Waals surface area contributed by atoms with E-state index in [1.807, 2.05) is 30.3 Å². The van der Waals surface area contributed by atoms with Gasteiger partial charge in [0.25, 0.3) is 0 Å². The summed E-state index contributed by atoms with van der Waals surface area (Å²) in [5, 5.41) is 0.266. The van der Waals surface area contributed by atoms with Crippen molar-refractivity contribution in [2.24, 2.45) is 46.3 Å². The Balaban J connectivity index is 1.22. The average molecular weight is 523 g/mol. The van der Waals surface area contributed by atoms with E-state index >= 15 is 0 Å². The first-order chi connectivity index (χ1) is 17.7. The summed E-state index contributed by atoms with van der Waals surface area (Å²) in [5.74, 6) is 6.03. The van der Waals surface area contributed by atoms with Gasteiger partial charge in [-0.15, -0.1) is 0 Å². The molecule has 1 aromatic carbocycles. The lowest BCUT2D eigenvalue weighted by molar-refractivity contribution is -0.0571. The fourth-order valence-electron chi connectivity index (χ4n) is 9.50. The first kappa shape index (κ1) is 27.2. The molecule has 204 valence electrons. The van der Waals surface area contributed by atoms with E-state index < -0.39 is 0 Å². The molecule has 8 atom stereocenters. The van der Waals surface area contributed by atoms with Crippen LogP contribution in [0.4, 0.5) is 0 Å². The second-order valence-electron chi connectivity index (χ2n) is 13.9. The summed E-state index contributed by atoms with van der Waals surface area (Å²) in [7, 11) is 0. The molecule has 0 amide bonds. The lowest BCUT2D eigenvalue weighted by Crippen LogP contribution is -2.51. The Hall–Kier alpha value is -1.35. The number of ether oxygens (including phenoxy) is 2. The number of rotatable bonds is 7. The second kappa shape index (κ2) is 11.0. The van der Waals surface area contributed by atoms with Gasteiger partial charge in [-0.1, -0.05) is 83.7 Å². The molecular formula is C34H50O2S. The van der Waals surface area contributed by atoms with Gasteiger partial charge in [0.1, 0.15) is 11.9 Å². The highest BCUT2D eigenvalue weighted by molar-refractivity contribution is 7.79. The summed E-state index contributed by atoms with van der Waals surface area (Å²) < 4.78 is 11.9. The average Bonchev–Trinajstić information content (AvgIpc) is 3.22. The SMILES string of the molecule is CC(C)CCC[C@@H](C)[C@H]1CC[C@H]2[C@@H]3CC=C4C[C@@H](OC(=S)Oc5ccccc5)CC[C@]4(C)[C@H]3CC[C@]12C. The topological polar surface area (TPSA) is 18.5 Å². The van der Waals surface area contributed by atoms with Crippen LogP contribution in [-0.4, -0.2) is 11.3 Å². The van der Waals surface area contributed by atoms with Crippen LogP contribution in [0.5, 0.6) is 5.75 Å². The molecule has 0 heterocycles. The first-order valence-corrected chi connectivity index (χ1v) is 15.7. The van der Waals surface area contributed by atoms with Crippen LogP contribution in [0.1, 0.15) is 105 Å². The van der Waals surface area contributed by atoms with Crippen molar-refractivity contribution in [2.45, 2.75) is 111 Å². The minimum atomic E-state index is 0.142. The van der Waals surface area contributed by atoms with Crippen molar-refractivity contribution in [1.29, 1.82) is 0 Å². The highest BCUT2D eigenvalue weighted by Gasteiger charge is 2.59. The third kappa shape index (κ3) is 5.41. The van der Waals surface area contributed by atoms with E-state index in [9.17, 15) is 0 Å². The maximum atomic E-state index is 6.17. The molecule has 37 heavy (non-hydrogen) atoms. The fraction of sp³-hybridized carbons (Fsp3) is 0.735. The Morgan fingerprint density at radius 3 is 2.51 bits per heavy atom. The minimum Gasteiger partial charge on any atom is -0.453 e. The number of hydrogen-bond donors (Lipinski definition) is 0. The Labute approximate surface area is 232 Å². The van der Waals surface area contributed by atoms with Crippen molar-refractivity contribution < 1.29 is 9.47 Å². The van der Waals surface area contributed by atoms with Gasteiger partial charge in [-0.25, -0.2) is 0 Å². The molecule has 3 fully saturated rings. The van der Waals surface area contributed by atoms with Crippen LogP contribution in [-0.2, 0) is 4.74 Å². The summed E-state index contributed by atoms with van der Waals surface area (Å²) in [4.78, 5) is 0. The van der Waals surface area contributed by atoms with Gasteiger partial charge in [0.05, 0.1) is 0 Å². The summed E-state index contributed by atoms with van der Waals surface area (Å²) >= 11 is 5.45. The van der Waals surface area contributed by atoms with Gasteiger partial charge in [0.15, 0.2) is 0 Å². The predicted molar refractivity (Wildman–Crippen MR) is 158 cm³/mol. The van der Waals surface area contributed by atoms with Crippen molar-refractivity contribution in [3.05, 3.63) is 42.0 Å². The van der Waals surface area contributed by atoms with E-state index in [0.29, 0.717) is 10.8 Å². The van der Waals surface area contributed by atoms with Crippen molar-refractivity contribution in [3.63, 3.8) is 0 Å². The van der Waals surface area contributed by atoms with Crippen molar-refractivity contribution in [1.82, 2.24) is 0 Å². The smallest absolute Gasteiger partial charge is 0.358 e. The quantitative estimate of drug-likeness (QED) is 0.262. The van der Waals surface area contributed by atoms with Crippen LogP contribution in [0.25, 0.3) is 0 Å². The lowest BCUT2D eigenvalue weighted by Gasteiger charge is -2.58. The van der Waals surface area contributed by atoms with Crippen LogP contribution in [0.2, 0.25) is 0 Å². The molecule has 0 bridgehead atoms. The van der Waals surface area contributed by atoms with E-state index in [4.69, 9.17) is 21.7 Å². The fourth-order valence-corrected chi connectivity index (χ4v) is 9.73. The molecule has 0 radical (unpaired) electrons. The van der Waals surface area contributed by atoms with Crippen LogP contribution >= 0.6 is 12.2 Å². The van der Waals surface area contributed by atoms with Crippen LogP contribution < -0.4 is 4.74 Å². The predicted octanol–water partition coefficient (Wildman–Crippen LogP) is 9.78. The Morgan fingerprint density at radius 2 is 1.76 bits per heavy atom. The summed E-state index contributed by atoms with van der Waals surface area (Å²) in [5.41, 5.74) is 2.54. The van der Waals surface area contributed by atoms with Gasteiger partial charge in [0.2, 0.25) is 0 Å². The van der Waals surface area contributed by atoms with Crippen molar-refractivity contribution in [2.75, 3.05) is 0 Å². The van der Waals surface area contributed by atoms with Crippen LogP contribution in [0.15, 0.2) is 42.0 Å². The molecule has 5 rings (SSSR count). The zero-order chi connectivity index (χ0) is 26.2. The number of thiocarbonyl (C=S) groups is 1. The Kier molecular flexibility index (Phi) is 8.11. The molecule has 4 aliphatic carbocycles. The molecule has 0 aromatic heterocycles. The Bertz CT molecular complexity index is 969. The zero-order valence-corrected chi connectivity index (χ0v) is 24.8. The number of hydrogen-bond acceptors (Lipinski definition) is 3. The minimum absolute atomic E-state index is 0.142. The molecule has 0 aliphatic heterocycles. The third-order valence-corrected chi connectivity index (χ3v) is 11.6. The van der Waals surface area contributed by atoms with E-state index in [-0.39, 0.29) is 11.3 Å². The van der Waals surface area contributed by atoms with Gasteiger partial charge in [0, 0.05) is 18.6 Å². The molecular weight excluding hydrogens is 472 g/mol. The standard InChI is InChI=1S/C34H50O2S/c1-23(2)10-9-11-24(3)29-16-17-30-28-15-14-25-22-27(36-32(37)35-26-12-7-6-8-13-26)18-20-33(25,4)31(28)19-21-34(29,30)5/h6-8,12-14,23-24,27-31H,9-11,15-22H2,1-5H3/t24-,27+,28+,29-,30+,31+,33+,34-/m1/s1. The molecule has 1 aromatic rings. The maximum Gasteiger partial charge on any atom is 0.358 e. The van der Waals surface area contributed by atoms with Crippen LogP contribution in [0.3, 0.4) is 0 Å². The summed E-state index contributed by atoms with van der Waals surface area (Å²) in [6.07, 6.45) is 17.4. The van der Waals surface area contributed by atoms with Gasteiger partial charge in [-0.3, -0.25) is 0 Å². The molecule has 0 N–H and O–H groups in total. The number of allylic oxidation sites excluding steroid dienone is 1. The largest absolute Gasteiger partial charge is 0.453 e. The maximum absolute atomic E-state index is 6.17. The normalized spacial score (nSPS) is 37.7. The molecule has 0 saturated heterocycles. The second-order valence-corrected chi connectivity index (χ2v) is 14.3. The molecule has 0 unspecified atom stereocenters. The highest BCUT2D eigenvalue weighted by atomic mass is 32.1. The summed E-state index contributed by atoms with van der Waals surface area (Å²) in [6.45, 7) is 12.6. The highest BCUT2D eigenvalue weighted by Crippen LogP contribution is 2.67. The van der Waals surface area contributed by atoms with Gasteiger partial charge < -0.3 is 9.47 Å². The molecule has 0 spiro atoms. The first-order valence-electron chi connectivity index (χ1n) is 15.3. The summed E-state index contributed by atoms with van der Waals surface area (Å²) in [6, 6.07) is 9.75. The number of para-hydroxylation sites is 1. The molecule has 4 aliphatic rings. The van der Waals surface area contributed by atoms with E-state index in [2.05, 4.69) is 40.7 Å². The van der Waals surface area contributed by atoms with E-state index in [1.165, 1.54) is 57.8 Å². The van der Waals surface area contributed by atoms with Crippen molar-refractivity contribution >= 4 is 17.5 Å².